The van der Waals surface area contributed by atoms with Crippen LogP contribution in [0.4, 0.5) is 0 Å². The molecule has 0 saturated heterocycles. The molecule has 0 aliphatic carbocycles. The van der Waals surface area contributed by atoms with E-state index in [0.29, 0.717) is 0 Å². The molecule has 1 aliphatic heterocycles. The van der Waals surface area contributed by atoms with Gasteiger partial charge in [-0.2, -0.15) is 0 Å². The van der Waals surface area contributed by atoms with Gasteiger partial charge in [0.05, 0.1) is 19.1 Å². The largest absolute Gasteiger partial charge is 0.497 e. The Morgan fingerprint density at radius 3 is 2.85 bits per heavy atom. The maximum absolute atomic E-state index is 12.4. The average Bonchev–Trinajstić information content (AvgIpc) is 2.62. The molecule has 2 rings (SSSR count). The molecule has 4 nitrogen and oxygen atoms in total. The SMILES string of the molecule is CCC1NCCc2cc(OC)ccc2C1(CO)C(C)=O. The Morgan fingerprint density at radius 2 is 2.30 bits per heavy atom. The Balaban J connectivity index is 2.64. The first-order chi connectivity index (χ1) is 9.59. The van der Waals surface area contributed by atoms with Gasteiger partial charge in [0.1, 0.15) is 11.5 Å². The molecule has 1 aromatic rings. The molecule has 0 spiro atoms. The zero-order valence-electron chi connectivity index (χ0n) is 12.4. The fraction of sp³-hybridized carbons (Fsp3) is 0.562. The number of ether oxygens (including phenoxy) is 1. The highest BCUT2D eigenvalue weighted by Gasteiger charge is 2.45. The summed E-state index contributed by atoms with van der Waals surface area (Å²) in [6.45, 7) is 4.24. The Morgan fingerprint density at radius 1 is 1.55 bits per heavy atom. The van der Waals surface area contributed by atoms with Gasteiger partial charge in [0.15, 0.2) is 0 Å². The van der Waals surface area contributed by atoms with Gasteiger partial charge in [0, 0.05) is 6.04 Å². The third-order valence-electron chi connectivity index (χ3n) is 4.46. The van der Waals surface area contributed by atoms with Gasteiger partial charge in [0.25, 0.3) is 0 Å². The van der Waals surface area contributed by atoms with Crippen molar-refractivity contribution in [1.29, 1.82) is 0 Å². The summed E-state index contributed by atoms with van der Waals surface area (Å²) in [5.74, 6) is 0.793. The summed E-state index contributed by atoms with van der Waals surface area (Å²) in [5, 5.41) is 13.4. The van der Waals surface area contributed by atoms with E-state index >= 15 is 0 Å². The van der Waals surface area contributed by atoms with Gasteiger partial charge < -0.3 is 15.2 Å². The van der Waals surface area contributed by atoms with Crippen molar-refractivity contribution >= 4 is 5.78 Å². The number of Topliss-reactive ketones (excluding diaryl/α,β-unsaturated/α-hetero) is 1. The summed E-state index contributed by atoms with van der Waals surface area (Å²) >= 11 is 0. The van der Waals surface area contributed by atoms with Crippen LogP contribution in [-0.4, -0.2) is 37.2 Å². The van der Waals surface area contributed by atoms with E-state index in [1.807, 2.05) is 25.1 Å². The first-order valence-corrected chi connectivity index (χ1v) is 7.12. The summed E-state index contributed by atoms with van der Waals surface area (Å²) in [4.78, 5) is 12.4. The highest BCUT2D eigenvalue weighted by atomic mass is 16.5. The lowest BCUT2D eigenvalue weighted by atomic mass is 9.70. The molecular formula is C16H23NO3. The van der Waals surface area contributed by atoms with E-state index in [0.717, 1.165) is 36.3 Å². The van der Waals surface area contributed by atoms with Crippen LogP contribution in [0.2, 0.25) is 0 Å². The van der Waals surface area contributed by atoms with Crippen molar-refractivity contribution in [3.05, 3.63) is 29.3 Å². The Labute approximate surface area is 120 Å². The third kappa shape index (κ3) is 2.23. The number of carbonyl (C=O) groups excluding carboxylic acids is 1. The van der Waals surface area contributed by atoms with Gasteiger partial charge in [-0.25, -0.2) is 0 Å². The average molecular weight is 277 g/mol. The molecule has 2 N–H and O–H groups in total. The molecule has 1 heterocycles. The fourth-order valence-electron chi connectivity index (χ4n) is 3.32. The van der Waals surface area contributed by atoms with Crippen molar-refractivity contribution in [2.45, 2.75) is 38.1 Å². The van der Waals surface area contributed by atoms with Crippen LogP contribution >= 0.6 is 0 Å². The molecule has 2 atom stereocenters. The summed E-state index contributed by atoms with van der Waals surface area (Å²) in [6.07, 6.45) is 1.63. The van der Waals surface area contributed by atoms with Crippen LogP contribution in [0, 0.1) is 0 Å². The highest BCUT2D eigenvalue weighted by Crippen LogP contribution is 2.36. The smallest absolute Gasteiger partial charge is 0.144 e. The summed E-state index contributed by atoms with van der Waals surface area (Å²) in [7, 11) is 1.63. The number of aliphatic hydroxyl groups is 1. The minimum atomic E-state index is -0.854. The molecule has 0 amide bonds. The van der Waals surface area contributed by atoms with Crippen molar-refractivity contribution in [3.8, 4) is 5.75 Å². The monoisotopic (exact) mass is 277 g/mol. The molecule has 1 aromatic carbocycles. The zero-order chi connectivity index (χ0) is 14.8. The maximum atomic E-state index is 12.4. The van der Waals surface area contributed by atoms with Crippen LogP contribution in [0.15, 0.2) is 18.2 Å². The Bertz CT molecular complexity index is 500. The Kier molecular flexibility index (Phi) is 4.45. The van der Waals surface area contributed by atoms with E-state index in [2.05, 4.69) is 5.32 Å². The lowest BCUT2D eigenvalue weighted by Crippen LogP contribution is -2.54. The molecule has 0 saturated carbocycles. The Hall–Kier alpha value is -1.39. The van der Waals surface area contributed by atoms with Crippen LogP contribution in [0.1, 0.15) is 31.4 Å². The predicted molar refractivity (Wildman–Crippen MR) is 78.2 cm³/mol. The maximum Gasteiger partial charge on any atom is 0.144 e. The van der Waals surface area contributed by atoms with Crippen molar-refractivity contribution in [1.82, 2.24) is 5.32 Å². The molecule has 0 aromatic heterocycles. The number of carbonyl (C=O) groups is 1. The van der Waals surface area contributed by atoms with Crippen LogP contribution in [0.25, 0.3) is 0 Å². The summed E-state index contributed by atoms with van der Waals surface area (Å²) < 4.78 is 5.27. The second kappa shape index (κ2) is 5.94. The zero-order valence-corrected chi connectivity index (χ0v) is 12.4. The van der Waals surface area contributed by atoms with Gasteiger partial charge in [-0.3, -0.25) is 4.79 Å². The number of benzene rings is 1. The van der Waals surface area contributed by atoms with Crippen molar-refractivity contribution < 1.29 is 14.6 Å². The van der Waals surface area contributed by atoms with E-state index in [1.54, 1.807) is 14.0 Å². The summed E-state index contributed by atoms with van der Waals surface area (Å²) in [5.41, 5.74) is 1.16. The molecular weight excluding hydrogens is 254 g/mol. The number of rotatable bonds is 4. The van der Waals surface area contributed by atoms with Crippen LogP contribution in [0.5, 0.6) is 5.75 Å². The first-order valence-electron chi connectivity index (χ1n) is 7.12. The minimum Gasteiger partial charge on any atom is -0.497 e. The quantitative estimate of drug-likeness (QED) is 0.874. The number of ketones is 1. The molecule has 2 unspecified atom stereocenters. The number of aliphatic hydroxyl groups excluding tert-OH is 1. The van der Waals surface area contributed by atoms with Crippen LogP contribution in [0.3, 0.4) is 0 Å². The normalized spacial score (nSPS) is 25.7. The van der Waals surface area contributed by atoms with E-state index in [4.69, 9.17) is 4.74 Å². The molecule has 110 valence electrons. The minimum absolute atomic E-state index is 0.00710. The van der Waals surface area contributed by atoms with E-state index in [9.17, 15) is 9.90 Å². The number of fused-ring (bicyclic) bond motifs is 1. The number of nitrogens with one attached hydrogen (secondary N) is 1. The lowest BCUT2D eigenvalue weighted by molar-refractivity contribution is -0.125. The van der Waals surface area contributed by atoms with Crippen LogP contribution in [-0.2, 0) is 16.6 Å². The van der Waals surface area contributed by atoms with Gasteiger partial charge in [-0.15, -0.1) is 0 Å². The van der Waals surface area contributed by atoms with E-state index in [1.165, 1.54) is 0 Å². The second-order valence-electron chi connectivity index (χ2n) is 5.37. The fourth-order valence-corrected chi connectivity index (χ4v) is 3.32. The summed E-state index contributed by atoms with van der Waals surface area (Å²) in [6, 6.07) is 5.73. The standard InChI is InChI=1S/C16H23NO3/c1-4-15-16(10-18,11(2)19)14-6-5-13(20-3)9-12(14)7-8-17-15/h5-6,9,15,17-18H,4,7-8,10H2,1-3H3. The van der Waals surface area contributed by atoms with Gasteiger partial charge in [0.2, 0.25) is 0 Å². The lowest BCUT2D eigenvalue weighted by Gasteiger charge is -2.37. The van der Waals surface area contributed by atoms with Crippen molar-refractivity contribution in [2.75, 3.05) is 20.3 Å². The van der Waals surface area contributed by atoms with Gasteiger partial charge in [-0.05, 0) is 49.6 Å². The number of hydrogen-bond acceptors (Lipinski definition) is 4. The van der Waals surface area contributed by atoms with E-state index < -0.39 is 5.41 Å². The first kappa shape index (κ1) is 15.0. The van der Waals surface area contributed by atoms with Crippen molar-refractivity contribution in [2.24, 2.45) is 0 Å². The number of hydrogen-bond donors (Lipinski definition) is 2. The highest BCUT2D eigenvalue weighted by molar-refractivity contribution is 5.90. The number of methoxy groups -OCH3 is 1. The topological polar surface area (TPSA) is 58.6 Å². The molecule has 4 heteroatoms. The van der Waals surface area contributed by atoms with Gasteiger partial charge >= 0.3 is 0 Å². The second-order valence-corrected chi connectivity index (χ2v) is 5.37. The molecule has 0 bridgehead atoms. The molecule has 0 fully saturated rings. The van der Waals surface area contributed by atoms with E-state index in [-0.39, 0.29) is 18.4 Å². The molecule has 0 radical (unpaired) electrons. The predicted octanol–water partition coefficient (Wildman–Crippen LogP) is 1.44. The third-order valence-corrected chi connectivity index (χ3v) is 4.46. The van der Waals surface area contributed by atoms with Gasteiger partial charge in [-0.1, -0.05) is 13.0 Å². The van der Waals surface area contributed by atoms with Crippen molar-refractivity contribution in [3.63, 3.8) is 0 Å². The molecule has 1 aliphatic rings. The molecule has 20 heavy (non-hydrogen) atoms. The van der Waals surface area contributed by atoms with Crippen LogP contribution < -0.4 is 10.1 Å².